The second-order valence-electron chi connectivity index (χ2n) is 5.22. The van der Waals surface area contributed by atoms with Gasteiger partial charge in [-0.2, -0.15) is 0 Å². The molecule has 5 nitrogen and oxygen atoms in total. The number of aryl methyl sites for hydroxylation is 1. The van der Waals surface area contributed by atoms with Crippen LogP contribution in [0.5, 0.6) is 0 Å². The topological polar surface area (TPSA) is 66.1 Å². The first kappa shape index (κ1) is 15.0. The minimum atomic E-state index is -0.397. The van der Waals surface area contributed by atoms with Crippen molar-refractivity contribution in [2.45, 2.75) is 33.4 Å². The summed E-state index contributed by atoms with van der Waals surface area (Å²) in [6.07, 6.45) is 1.34. The summed E-state index contributed by atoms with van der Waals surface area (Å²) in [7, 11) is 0. The molecule has 0 aliphatic heterocycles. The molecule has 0 atom stereocenters. The van der Waals surface area contributed by atoms with E-state index in [9.17, 15) is 9.59 Å². The van der Waals surface area contributed by atoms with E-state index in [1.807, 2.05) is 44.2 Å². The maximum absolute atomic E-state index is 12.6. The fourth-order valence-electron chi connectivity index (χ4n) is 2.06. The Morgan fingerprint density at radius 2 is 1.95 bits per heavy atom. The number of carbonyl (C=O) groups is 1. The maximum Gasteiger partial charge on any atom is 0.263 e. The monoisotopic (exact) mass is 285 g/mol. The highest BCUT2D eigenvalue weighted by Crippen LogP contribution is 2.11. The van der Waals surface area contributed by atoms with Gasteiger partial charge in [0.2, 0.25) is 0 Å². The Morgan fingerprint density at radius 3 is 2.52 bits per heavy atom. The molecule has 0 bridgehead atoms. The summed E-state index contributed by atoms with van der Waals surface area (Å²) < 4.78 is 0. The maximum atomic E-state index is 12.6. The van der Waals surface area contributed by atoms with Crippen LogP contribution in [-0.4, -0.2) is 26.8 Å². The summed E-state index contributed by atoms with van der Waals surface area (Å²) in [5.74, 6) is 0.193. The molecule has 0 saturated heterocycles. The van der Waals surface area contributed by atoms with Gasteiger partial charge in [0.05, 0.1) is 0 Å². The minimum Gasteiger partial charge on any atom is -0.332 e. The van der Waals surface area contributed by atoms with Crippen LogP contribution in [0, 0.1) is 6.92 Å². The number of carbonyl (C=O) groups excluding carboxylic acids is 1. The zero-order valence-electron chi connectivity index (χ0n) is 12.5. The normalized spacial score (nSPS) is 10.7. The molecule has 2 rings (SSSR count). The summed E-state index contributed by atoms with van der Waals surface area (Å²) in [5.41, 5.74) is 0.701. The first-order valence-corrected chi connectivity index (χ1v) is 6.90. The Labute approximate surface area is 123 Å². The zero-order chi connectivity index (χ0) is 15.4. The molecule has 0 saturated carbocycles. The van der Waals surface area contributed by atoms with Crippen molar-refractivity contribution in [3.05, 3.63) is 63.8 Å². The number of nitrogens with zero attached hydrogens (tertiary/aromatic N) is 2. The highest BCUT2D eigenvalue weighted by molar-refractivity contribution is 5.93. The van der Waals surface area contributed by atoms with Gasteiger partial charge in [-0.25, -0.2) is 4.98 Å². The van der Waals surface area contributed by atoms with E-state index < -0.39 is 5.56 Å². The number of hydrogen-bond donors (Lipinski definition) is 1. The van der Waals surface area contributed by atoms with Crippen molar-refractivity contribution in [2.24, 2.45) is 0 Å². The van der Waals surface area contributed by atoms with E-state index in [2.05, 4.69) is 9.97 Å². The average Bonchev–Trinajstić information content (AvgIpc) is 2.45. The van der Waals surface area contributed by atoms with Crippen LogP contribution in [0.2, 0.25) is 0 Å². The Morgan fingerprint density at radius 1 is 1.29 bits per heavy atom. The molecular weight excluding hydrogens is 266 g/mol. The molecule has 1 amide bonds. The molecular formula is C16H19N3O2. The van der Waals surface area contributed by atoms with Crippen LogP contribution in [0.4, 0.5) is 0 Å². The number of hydrogen-bond acceptors (Lipinski definition) is 3. The predicted octanol–water partition coefficient (Wildman–Crippen LogP) is 2.13. The van der Waals surface area contributed by atoms with Crippen LogP contribution in [0.15, 0.2) is 41.3 Å². The van der Waals surface area contributed by atoms with Crippen molar-refractivity contribution >= 4 is 5.91 Å². The lowest BCUT2D eigenvalue weighted by molar-refractivity contribution is 0.0688. The van der Waals surface area contributed by atoms with Gasteiger partial charge in [-0.1, -0.05) is 30.3 Å². The number of rotatable bonds is 4. The van der Waals surface area contributed by atoms with E-state index in [-0.39, 0.29) is 17.5 Å². The molecule has 0 unspecified atom stereocenters. The number of H-pyrrole nitrogens is 1. The van der Waals surface area contributed by atoms with Crippen LogP contribution in [0.1, 0.15) is 35.6 Å². The smallest absolute Gasteiger partial charge is 0.263 e. The van der Waals surface area contributed by atoms with Gasteiger partial charge in [0.15, 0.2) is 0 Å². The van der Waals surface area contributed by atoms with E-state index in [0.717, 1.165) is 5.56 Å². The lowest BCUT2D eigenvalue weighted by atomic mass is 10.1. The predicted molar refractivity (Wildman–Crippen MR) is 81.0 cm³/mol. The quantitative estimate of drug-likeness (QED) is 0.935. The van der Waals surface area contributed by atoms with E-state index in [1.165, 1.54) is 6.20 Å². The molecule has 1 aromatic heterocycles. The number of amides is 1. The minimum absolute atomic E-state index is 0.0154. The van der Waals surface area contributed by atoms with Crippen LogP contribution < -0.4 is 5.56 Å². The van der Waals surface area contributed by atoms with Crippen molar-refractivity contribution in [3.63, 3.8) is 0 Å². The van der Waals surface area contributed by atoms with Gasteiger partial charge in [-0.05, 0) is 26.3 Å². The molecule has 110 valence electrons. The third kappa shape index (κ3) is 3.56. The summed E-state index contributed by atoms with van der Waals surface area (Å²) >= 11 is 0. The second-order valence-corrected chi connectivity index (χ2v) is 5.22. The highest BCUT2D eigenvalue weighted by atomic mass is 16.2. The van der Waals surface area contributed by atoms with Gasteiger partial charge in [0.1, 0.15) is 11.4 Å². The fraction of sp³-hybridized carbons (Fsp3) is 0.312. The molecule has 0 fully saturated rings. The van der Waals surface area contributed by atoms with E-state index in [1.54, 1.807) is 11.8 Å². The first-order valence-electron chi connectivity index (χ1n) is 6.90. The lowest BCUT2D eigenvalue weighted by Crippen LogP contribution is -2.39. The van der Waals surface area contributed by atoms with Gasteiger partial charge in [0.25, 0.3) is 11.5 Å². The molecule has 0 spiro atoms. The highest BCUT2D eigenvalue weighted by Gasteiger charge is 2.22. The van der Waals surface area contributed by atoms with E-state index in [0.29, 0.717) is 12.4 Å². The van der Waals surface area contributed by atoms with E-state index >= 15 is 0 Å². The molecule has 1 heterocycles. The molecule has 2 aromatic rings. The third-order valence-corrected chi connectivity index (χ3v) is 3.24. The third-order valence-electron chi connectivity index (χ3n) is 3.24. The SMILES string of the molecule is Cc1ncc(C(=O)N(Cc2ccccc2)C(C)C)c(=O)[nH]1. The summed E-state index contributed by atoms with van der Waals surface area (Å²) in [6, 6.07) is 9.69. The van der Waals surface area contributed by atoms with Gasteiger partial charge >= 0.3 is 0 Å². The van der Waals surface area contributed by atoms with E-state index in [4.69, 9.17) is 0 Å². The Bertz CT molecular complexity index is 677. The number of aromatic nitrogens is 2. The number of aromatic amines is 1. The molecule has 1 aromatic carbocycles. The average molecular weight is 285 g/mol. The van der Waals surface area contributed by atoms with Crippen molar-refractivity contribution in [2.75, 3.05) is 0 Å². The van der Waals surface area contributed by atoms with Crippen molar-refractivity contribution in [1.82, 2.24) is 14.9 Å². The summed E-state index contributed by atoms with van der Waals surface area (Å²) in [5, 5.41) is 0. The van der Waals surface area contributed by atoms with Crippen molar-refractivity contribution < 1.29 is 4.79 Å². The Hall–Kier alpha value is -2.43. The molecule has 0 aliphatic carbocycles. The van der Waals surface area contributed by atoms with Crippen molar-refractivity contribution in [1.29, 1.82) is 0 Å². The lowest BCUT2D eigenvalue weighted by Gasteiger charge is -2.26. The van der Waals surface area contributed by atoms with Gasteiger partial charge in [0, 0.05) is 18.8 Å². The Kier molecular flexibility index (Phi) is 4.52. The largest absolute Gasteiger partial charge is 0.332 e. The molecule has 0 radical (unpaired) electrons. The van der Waals surface area contributed by atoms with Gasteiger partial charge < -0.3 is 9.88 Å². The first-order chi connectivity index (χ1) is 9.99. The van der Waals surface area contributed by atoms with Gasteiger partial charge in [-0.15, -0.1) is 0 Å². The number of benzene rings is 1. The molecule has 1 N–H and O–H groups in total. The molecule has 0 aliphatic rings. The van der Waals surface area contributed by atoms with Gasteiger partial charge in [-0.3, -0.25) is 9.59 Å². The van der Waals surface area contributed by atoms with Crippen molar-refractivity contribution in [3.8, 4) is 0 Å². The van der Waals surface area contributed by atoms with Crippen LogP contribution >= 0.6 is 0 Å². The van der Waals surface area contributed by atoms with Crippen LogP contribution in [0.25, 0.3) is 0 Å². The zero-order valence-corrected chi connectivity index (χ0v) is 12.5. The molecule has 21 heavy (non-hydrogen) atoms. The summed E-state index contributed by atoms with van der Waals surface area (Å²) in [6.45, 7) is 6.00. The van der Waals surface area contributed by atoms with Crippen LogP contribution in [0.3, 0.4) is 0 Å². The fourth-order valence-corrected chi connectivity index (χ4v) is 2.06. The Balaban J connectivity index is 2.30. The second kappa shape index (κ2) is 6.35. The standard InChI is InChI=1S/C16H19N3O2/c1-11(2)19(10-13-7-5-4-6-8-13)16(21)14-9-17-12(3)18-15(14)20/h4-9,11H,10H2,1-3H3,(H,17,18,20). The molecule has 5 heteroatoms. The number of nitrogens with one attached hydrogen (secondary N) is 1. The summed E-state index contributed by atoms with van der Waals surface area (Å²) in [4.78, 5) is 32.7. The van der Waals surface area contributed by atoms with Crippen LogP contribution in [-0.2, 0) is 6.54 Å².